The number of rotatable bonds is 6. The largest absolute Gasteiger partial charge is 0.364 e. The molecule has 0 unspecified atom stereocenters. The standard InChI is InChI=1S/C33H35BN2/c1-21-16-23(3)32(24(4)17-21)34(33-25(5)18-22(2)19-26(33)6)28-11-7-10-27(20-28)31(29-12-8-14-35-29)30-13-9-15-36-30/h7-20,31,35-36H,1-6H3. The second-order valence-electron chi connectivity index (χ2n) is 10.4. The Balaban J connectivity index is 1.75. The second-order valence-corrected chi connectivity index (χ2v) is 10.4. The van der Waals surface area contributed by atoms with E-state index in [2.05, 4.69) is 124 Å². The lowest BCUT2D eigenvalue weighted by atomic mass is 9.34. The van der Waals surface area contributed by atoms with E-state index in [0.29, 0.717) is 0 Å². The third-order valence-corrected chi connectivity index (χ3v) is 7.50. The van der Waals surface area contributed by atoms with Crippen molar-refractivity contribution >= 4 is 23.1 Å². The minimum absolute atomic E-state index is 0.121. The number of aryl methyl sites for hydroxylation is 6. The number of hydrogen-bond acceptors (Lipinski definition) is 0. The van der Waals surface area contributed by atoms with Gasteiger partial charge in [0.05, 0.1) is 5.92 Å². The lowest BCUT2D eigenvalue weighted by Crippen LogP contribution is -2.56. The van der Waals surface area contributed by atoms with Crippen molar-refractivity contribution in [2.45, 2.75) is 47.5 Å². The zero-order valence-corrected chi connectivity index (χ0v) is 22.2. The van der Waals surface area contributed by atoms with E-state index in [1.165, 1.54) is 66.7 Å². The van der Waals surface area contributed by atoms with Crippen LogP contribution in [-0.4, -0.2) is 16.7 Å². The molecular weight excluding hydrogens is 435 g/mol. The molecule has 0 aliphatic rings. The van der Waals surface area contributed by atoms with Crippen LogP contribution in [0.15, 0.2) is 85.2 Å². The number of H-pyrrole nitrogens is 2. The van der Waals surface area contributed by atoms with Crippen LogP contribution in [0.5, 0.6) is 0 Å². The first kappa shape index (κ1) is 24.0. The third-order valence-electron chi connectivity index (χ3n) is 7.50. The van der Waals surface area contributed by atoms with E-state index in [0.717, 1.165) is 0 Å². The molecule has 36 heavy (non-hydrogen) atoms. The van der Waals surface area contributed by atoms with Gasteiger partial charge in [-0.25, -0.2) is 0 Å². The quantitative estimate of drug-likeness (QED) is 0.290. The van der Waals surface area contributed by atoms with Crippen molar-refractivity contribution in [2.75, 3.05) is 0 Å². The van der Waals surface area contributed by atoms with Gasteiger partial charge in [0.2, 0.25) is 6.71 Å². The Labute approximate surface area is 215 Å². The van der Waals surface area contributed by atoms with Crippen LogP contribution in [0, 0.1) is 41.5 Å². The summed E-state index contributed by atoms with van der Waals surface area (Å²) in [5.74, 6) is 0.121. The fourth-order valence-corrected chi connectivity index (χ4v) is 6.26. The minimum Gasteiger partial charge on any atom is -0.364 e. The fourth-order valence-electron chi connectivity index (χ4n) is 6.26. The molecule has 0 aliphatic carbocycles. The molecule has 0 saturated heterocycles. The summed E-state index contributed by atoms with van der Waals surface area (Å²) in [5, 5.41) is 0. The summed E-state index contributed by atoms with van der Waals surface area (Å²) in [6.07, 6.45) is 4.02. The summed E-state index contributed by atoms with van der Waals surface area (Å²) in [6, 6.07) is 27.1. The molecule has 180 valence electrons. The van der Waals surface area contributed by atoms with E-state index in [1.807, 2.05) is 12.4 Å². The maximum Gasteiger partial charge on any atom is 0.242 e. The van der Waals surface area contributed by atoms with Crippen LogP contribution in [0.4, 0.5) is 0 Å². The summed E-state index contributed by atoms with van der Waals surface area (Å²) >= 11 is 0. The van der Waals surface area contributed by atoms with E-state index in [4.69, 9.17) is 0 Å². The maximum atomic E-state index is 3.46. The molecule has 0 saturated carbocycles. The van der Waals surface area contributed by atoms with Crippen molar-refractivity contribution in [1.29, 1.82) is 0 Å². The Morgan fingerprint density at radius 3 is 1.44 bits per heavy atom. The minimum atomic E-state index is 0.121. The van der Waals surface area contributed by atoms with E-state index in [9.17, 15) is 0 Å². The molecular formula is C33H35BN2. The molecule has 0 radical (unpaired) electrons. The maximum absolute atomic E-state index is 3.46. The van der Waals surface area contributed by atoms with Crippen molar-refractivity contribution in [3.05, 3.63) is 136 Å². The Morgan fingerprint density at radius 1 is 0.556 bits per heavy atom. The number of benzene rings is 3. The molecule has 2 heterocycles. The first-order valence-corrected chi connectivity index (χ1v) is 12.9. The van der Waals surface area contributed by atoms with Crippen LogP contribution in [0.1, 0.15) is 56.2 Å². The highest BCUT2D eigenvalue weighted by atomic mass is 14.7. The average molecular weight is 470 g/mol. The number of hydrogen-bond donors (Lipinski definition) is 2. The summed E-state index contributed by atoms with van der Waals surface area (Å²) in [7, 11) is 0. The highest BCUT2D eigenvalue weighted by molar-refractivity contribution is 6.96. The molecule has 0 amide bonds. The van der Waals surface area contributed by atoms with Crippen LogP contribution in [0.25, 0.3) is 0 Å². The van der Waals surface area contributed by atoms with Gasteiger partial charge in [-0.1, -0.05) is 98.3 Å². The van der Waals surface area contributed by atoms with Crippen molar-refractivity contribution < 1.29 is 0 Å². The van der Waals surface area contributed by atoms with Crippen LogP contribution < -0.4 is 16.4 Å². The van der Waals surface area contributed by atoms with Gasteiger partial charge in [0.1, 0.15) is 0 Å². The molecule has 5 rings (SSSR count). The number of aromatic amines is 2. The predicted molar refractivity (Wildman–Crippen MR) is 155 cm³/mol. The van der Waals surface area contributed by atoms with Gasteiger partial charge in [0.25, 0.3) is 0 Å². The van der Waals surface area contributed by atoms with Gasteiger partial charge in [-0.05, 0) is 71.4 Å². The van der Waals surface area contributed by atoms with Gasteiger partial charge < -0.3 is 9.97 Å². The molecule has 3 aromatic carbocycles. The van der Waals surface area contributed by atoms with Gasteiger partial charge in [-0.3, -0.25) is 0 Å². The van der Waals surface area contributed by atoms with E-state index in [1.54, 1.807) is 0 Å². The normalized spacial score (nSPS) is 11.3. The molecule has 5 aromatic rings. The zero-order valence-electron chi connectivity index (χ0n) is 22.2. The number of nitrogens with one attached hydrogen (secondary N) is 2. The summed E-state index contributed by atoms with van der Waals surface area (Å²) in [6.45, 7) is 13.6. The van der Waals surface area contributed by atoms with Crippen molar-refractivity contribution in [3.8, 4) is 0 Å². The molecule has 2 N–H and O–H groups in total. The Morgan fingerprint density at radius 2 is 1.03 bits per heavy atom. The molecule has 0 fully saturated rings. The van der Waals surface area contributed by atoms with Crippen LogP contribution in [0.3, 0.4) is 0 Å². The molecule has 0 bridgehead atoms. The van der Waals surface area contributed by atoms with Crippen molar-refractivity contribution in [2.24, 2.45) is 0 Å². The molecule has 2 nitrogen and oxygen atoms in total. The molecule has 0 atom stereocenters. The molecule has 2 aromatic heterocycles. The van der Waals surface area contributed by atoms with E-state index < -0.39 is 0 Å². The van der Waals surface area contributed by atoms with Crippen LogP contribution >= 0.6 is 0 Å². The smallest absolute Gasteiger partial charge is 0.242 e. The summed E-state index contributed by atoms with van der Waals surface area (Å²) < 4.78 is 0. The Hall–Kier alpha value is -3.72. The van der Waals surface area contributed by atoms with E-state index >= 15 is 0 Å². The predicted octanol–water partition coefficient (Wildman–Crippen LogP) is 5.89. The van der Waals surface area contributed by atoms with Crippen molar-refractivity contribution in [3.63, 3.8) is 0 Å². The van der Waals surface area contributed by atoms with Gasteiger partial charge >= 0.3 is 0 Å². The van der Waals surface area contributed by atoms with Gasteiger partial charge in [-0.15, -0.1) is 0 Å². The fraction of sp³-hybridized carbons (Fsp3) is 0.212. The Bertz CT molecular complexity index is 1360. The van der Waals surface area contributed by atoms with Crippen molar-refractivity contribution in [1.82, 2.24) is 9.97 Å². The summed E-state index contributed by atoms with van der Waals surface area (Å²) in [4.78, 5) is 6.93. The zero-order chi connectivity index (χ0) is 25.4. The van der Waals surface area contributed by atoms with Gasteiger partial charge in [-0.2, -0.15) is 0 Å². The van der Waals surface area contributed by atoms with Gasteiger partial charge in [0.15, 0.2) is 0 Å². The lowest BCUT2D eigenvalue weighted by molar-refractivity contribution is 0.899. The monoisotopic (exact) mass is 470 g/mol. The molecule has 0 spiro atoms. The molecule has 0 aliphatic heterocycles. The third kappa shape index (κ3) is 4.46. The van der Waals surface area contributed by atoms with E-state index in [-0.39, 0.29) is 12.6 Å². The van der Waals surface area contributed by atoms with Crippen LogP contribution in [0.2, 0.25) is 0 Å². The summed E-state index contributed by atoms with van der Waals surface area (Å²) in [5.41, 5.74) is 15.9. The van der Waals surface area contributed by atoms with Crippen LogP contribution in [-0.2, 0) is 0 Å². The first-order chi connectivity index (χ1) is 17.3. The Kier molecular flexibility index (Phi) is 6.49. The number of aromatic nitrogens is 2. The SMILES string of the molecule is Cc1cc(C)c(B(c2cccc(C(c3ccc[nH]3)c3ccc[nH]3)c2)c2c(C)cc(C)cc2C)c(C)c1. The second kappa shape index (κ2) is 9.74. The highest BCUT2D eigenvalue weighted by Crippen LogP contribution is 2.29. The topological polar surface area (TPSA) is 31.6 Å². The lowest BCUT2D eigenvalue weighted by Gasteiger charge is -2.25. The first-order valence-electron chi connectivity index (χ1n) is 12.9. The molecule has 3 heteroatoms. The van der Waals surface area contributed by atoms with Gasteiger partial charge in [0, 0.05) is 23.8 Å². The highest BCUT2D eigenvalue weighted by Gasteiger charge is 2.29. The average Bonchev–Trinajstić information content (AvgIpc) is 3.52.